The number of hydrogen-bond acceptors (Lipinski definition) is 4. The number of hydrogen-bond donors (Lipinski definition) is 1. The third-order valence-corrected chi connectivity index (χ3v) is 4.41. The van der Waals surface area contributed by atoms with E-state index in [1.807, 2.05) is 23.7 Å². The Morgan fingerprint density at radius 1 is 1.22 bits per heavy atom. The van der Waals surface area contributed by atoms with Crippen LogP contribution in [0.4, 0.5) is 4.39 Å². The van der Waals surface area contributed by atoms with Crippen molar-refractivity contribution < 1.29 is 18.7 Å². The highest BCUT2D eigenvalue weighted by molar-refractivity contribution is 5.82. The largest absolute Gasteiger partial charge is 0.485 e. The van der Waals surface area contributed by atoms with Gasteiger partial charge in [0.15, 0.2) is 11.5 Å². The SMILES string of the molecule is Cn1ccnc1[C@H](NC(=O)[C@@H]1COc2ccccc2O1)c1ccc(F)cc1. The first-order chi connectivity index (χ1) is 13.1. The third-order valence-electron chi connectivity index (χ3n) is 4.41. The van der Waals surface area contributed by atoms with Gasteiger partial charge >= 0.3 is 0 Å². The summed E-state index contributed by atoms with van der Waals surface area (Å²) in [5, 5.41) is 2.95. The van der Waals surface area contributed by atoms with Crippen LogP contribution in [0, 0.1) is 5.82 Å². The van der Waals surface area contributed by atoms with E-state index in [-0.39, 0.29) is 18.3 Å². The van der Waals surface area contributed by atoms with Crippen molar-refractivity contribution >= 4 is 5.91 Å². The van der Waals surface area contributed by atoms with Crippen LogP contribution in [-0.4, -0.2) is 28.2 Å². The second-order valence-electron chi connectivity index (χ2n) is 6.25. The first-order valence-corrected chi connectivity index (χ1v) is 8.53. The summed E-state index contributed by atoms with van der Waals surface area (Å²) < 4.78 is 26.5. The van der Waals surface area contributed by atoms with Crippen LogP contribution in [0.3, 0.4) is 0 Å². The molecule has 0 bridgehead atoms. The van der Waals surface area contributed by atoms with E-state index >= 15 is 0 Å². The van der Waals surface area contributed by atoms with Crippen LogP contribution in [0.25, 0.3) is 0 Å². The molecule has 1 N–H and O–H groups in total. The Morgan fingerprint density at radius 2 is 1.96 bits per heavy atom. The summed E-state index contributed by atoms with van der Waals surface area (Å²) in [6, 6.07) is 12.6. The number of para-hydroxylation sites is 2. The average Bonchev–Trinajstić information content (AvgIpc) is 3.12. The van der Waals surface area contributed by atoms with E-state index in [0.717, 1.165) is 5.56 Å². The predicted octanol–water partition coefficient (Wildman–Crippen LogP) is 2.60. The Hall–Kier alpha value is -3.35. The number of carbonyl (C=O) groups is 1. The Labute approximate surface area is 155 Å². The second kappa shape index (κ2) is 7.11. The standard InChI is InChI=1S/C20H18FN3O3/c1-24-11-10-22-19(24)18(13-6-8-14(21)9-7-13)23-20(25)17-12-26-15-4-2-3-5-16(15)27-17/h2-11,17-18H,12H2,1H3,(H,23,25)/t17-,18+/m0/s1. The zero-order valence-electron chi connectivity index (χ0n) is 14.6. The lowest BCUT2D eigenvalue weighted by molar-refractivity contribution is -0.130. The zero-order chi connectivity index (χ0) is 18.8. The lowest BCUT2D eigenvalue weighted by atomic mass is 10.1. The predicted molar refractivity (Wildman–Crippen MR) is 95.9 cm³/mol. The topological polar surface area (TPSA) is 65.4 Å². The van der Waals surface area contributed by atoms with E-state index in [0.29, 0.717) is 17.3 Å². The number of halogens is 1. The molecule has 1 amide bonds. The van der Waals surface area contributed by atoms with Crippen LogP contribution in [0.5, 0.6) is 11.5 Å². The highest BCUT2D eigenvalue weighted by Gasteiger charge is 2.30. The van der Waals surface area contributed by atoms with Crippen molar-refractivity contribution in [2.75, 3.05) is 6.61 Å². The molecule has 0 radical (unpaired) electrons. The normalized spacial score (nSPS) is 16.6. The highest BCUT2D eigenvalue weighted by Crippen LogP contribution is 2.31. The summed E-state index contributed by atoms with van der Waals surface area (Å²) in [5.74, 6) is 1.10. The van der Waals surface area contributed by atoms with Gasteiger partial charge in [0, 0.05) is 19.4 Å². The first kappa shape index (κ1) is 17.1. The van der Waals surface area contributed by atoms with Crippen molar-refractivity contribution in [2.24, 2.45) is 7.05 Å². The zero-order valence-corrected chi connectivity index (χ0v) is 14.6. The minimum atomic E-state index is -0.789. The Morgan fingerprint density at radius 3 is 2.67 bits per heavy atom. The fraction of sp³-hybridized carbons (Fsp3) is 0.200. The minimum absolute atomic E-state index is 0.111. The fourth-order valence-corrected chi connectivity index (χ4v) is 2.99. The number of fused-ring (bicyclic) bond motifs is 1. The van der Waals surface area contributed by atoms with Gasteiger partial charge in [-0.1, -0.05) is 24.3 Å². The van der Waals surface area contributed by atoms with E-state index in [1.54, 1.807) is 36.7 Å². The van der Waals surface area contributed by atoms with Gasteiger partial charge in [-0.05, 0) is 29.8 Å². The molecule has 1 aliphatic rings. The molecule has 0 fully saturated rings. The van der Waals surface area contributed by atoms with Crippen LogP contribution in [0.15, 0.2) is 60.9 Å². The van der Waals surface area contributed by atoms with E-state index in [1.165, 1.54) is 12.1 Å². The summed E-state index contributed by atoms with van der Waals surface area (Å²) in [5.41, 5.74) is 0.719. The average molecular weight is 367 g/mol. The molecule has 0 spiro atoms. The number of rotatable bonds is 4. The van der Waals surface area contributed by atoms with Crippen LogP contribution >= 0.6 is 0 Å². The molecule has 7 heteroatoms. The molecule has 1 aliphatic heterocycles. The van der Waals surface area contributed by atoms with Gasteiger partial charge in [0.25, 0.3) is 5.91 Å². The van der Waals surface area contributed by atoms with Crippen LogP contribution < -0.4 is 14.8 Å². The molecule has 0 saturated heterocycles. The van der Waals surface area contributed by atoms with E-state index in [2.05, 4.69) is 10.3 Å². The molecule has 4 rings (SSSR count). The molecule has 2 heterocycles. The van der Waals surface area contributed by atoms with Crippen molar-refractivity contribution in [2.45, 2.75) is 12.1 Å². The Kier molecular flexibility index (Phi) is 4.50. The molecule has 6 nitrogen and oxygen atoms in total. The van der Waals surface area contributed by atoms with Gasteiger partial charge in [0.1, 0.15) is 24.3 Å². The number of ether oxygens (including phenoxy) is 2. The quantitative estimate of drug-likeness (QED) is 0.770. The van der Waals surface area contributed by atoms with E-state index in [9.17, 15) is 9.18 Å². The van der Waals surface area contributed by atoms with Gasteiger partial charge in [-0.15, -0.1) is 0 Å². The van der Waals surface area contributed by atoms with Gasteiger partial charge in [-0.25, -0.2) is 9.37 Å². The molecule has 0 saturated carbocycles. The fourth-order valence-electron chi connectivity index (χ4n) is 2.99. The molecule has 3 aromatic rings. The summed E-state index contributed by atoms with van der Waals surface area (Å²) >= 11 is 0. The number of nitrogens with one attached hydrogen (secondary N) is 1. The van der Waals surface area contributed by atoms with Crippen LogP contribution in [-0.2, 0) is 11.8 Å². The molecule has 2 aromatic carbocycles. The van der Waals surface area contributed by atoms with Crippen LogP contribution in [0.1, 0.15) is 17.4 Å². The van der Waals surface area contributed by atoms with Crippen molar-refractivity contribution in [3.05, 3.63) is 78.1 Å². The van der Waals surface area contributed by atoms with Crippen LogP contribution in [0.2, 0.25) is 0 Å². The first-order valence-electron chi connectivity index (χ1n) is 8.53. The van der Waals surface area contributed by atoms with Crippen molar-refractivity contribution in [3.63, 3.8) is 0 Å². The lowest BCUT2D eigenvalue weighted by Crippen LogP contribution is -2.45. The smallest absolute Gasteiger partial charge is 0.265 e. The summed E-state index contributed by atoms with van der Waals surface area (Å²) in [6.07, 6.45) is 2.64. The number of imidazole rings is 1. The van der Waals surface area contributed by atoms with Crippen molar-refractivity contribution in [1.29, 1.82) is 0 Å². The number of aromatic nitrogens is 2. The molecule has 0 unspecified atom stereocenters. The molecular weight excluding hydrogens is 349 g/mol. The van der Waals surface area contributed by atoms with Crippen molar-refractivity contribution in [3.8, 4) is 11.5 Å². The third kappa shape index (κ3) is 3.48. The maximum absolute atomic E-state index is 13.3. The summed E-state index contributed by atoms with van der Waals surface area (Å²) in [4.78, 5) is 17.2. The molecule has 0 aliphatic carbocycles. The number of nitrogens with zero attached hydrogens (tertiary/aromatic N) is 2. The van der Waals surface area contributed by atoms with Crippen molar-refractivity contribution in [1.82, 2.24) is 14.9 Å². The van der Waals surface area contributed by atoms with Gasteiger partial charge in [0.2, 0.25) is 6.10 Å². The monoisotopic (exact) mass is 367 g/mol. The number of amides is 1. The highest BCUT2D eigenvalue weighted by atomic mass is 19.1. The molecule has 2 atom stereocenters. The maximum atomic E-state index is 13.3. The Balaban J connectivity index is 1.58. The van der Waals surface area contributed by atoms with Gasteiger partial charge in [0.05, 0.1) is 0 Å². The summed E-state index contributed by atoms with van der Waals surface area (Å²) in [7, 11) is 1.83. The van der Waals surface area contributed by atoms with Gasteiger partial charge in [-0.3, -0.25) is 4.79 Å². The molecule has 1 aromatic heterocycles. The summed E-state index contributed by atoms with van der Waals surface area (Å²) in [6.45, 7) is 0.111. The maximum Gasteiger partial charge on any atom is 0.265 e. The molecule has 27 heavy (non-hydrogen) atoms. The molecular formula is C20H18FN3O3. The minimum Gasteiger partial charge on any atom is -0.485 e. The van der Waals surface area contributed by atoms with E-state index < -0.39 is 12.1 Å². The number of benzene rings is 2. The number of aryl methyl sites for hydroxylation is 1. The second-order valence-corrected chi connectivity index (χ2v) is 6.25. The molecule has 138 valence electrons. The van der Waals surface area contributed by atoms with E-state index in [4.69, 9.17) is 9.47 Å². The van der Waals surface area contributed by atoms with Gasteiger partial charge < -0.3 is 19.4 Å². The lowest BCUT2D eigenvalue weighted by Gasteiger charge is -2.27. The van der Waals surface area contributed by atoms with Gasteiger partial charge in [-0.2, -0.15) is 0 Å². The Bertz CT molecular complexity index is 955. The number of carbonyl (C=O) groups excluding carboxylic acids is 1.